The largest absolute Gasteiger partial charge is 0.468 e. The number of hydrogen-bond acceptors (Lipinski definition) is 3. The second-order valence-electron chi connectivity index (χ2n) is 4.06. The van der Waals surface area contributed by atoms with Crippen molar-refractivity contribution in [1.29, 1.82) is 0 Å². The van der Waals surface area contributed by atoms with E-state index in [1.807, 2.05) is 19.2 Å². The second-order valence-corrected chi connectivity index (χ2v) is 4.06. The molecule has 1 aromatic rings. The van der Waals surface area contributed by atoms with Crippen molar-refractivity contribution in [3.8, 4) is 0 Å². The lowest BCUT2D eigenvalue weighted by molar-refractivity contribution is 0.0788. The van der Waals surface area contributed by atoms with Crippen LogP contribution in [0.5, 0.6) is 0 Å². The normalized spacial score (nSPS) is 27.4. The maximum absolute atomic E-state index is 9.72. The zero-order valence-electron chi connectivity index (χ0n) is 8.52. The van der Waals surface area contributed by atoms with Crippen molar-refractivity contribution in [2.75, 3.05) is 7.05 Å². The molecule has 0 unspecified atom stereocenters. The fraction of sp³-hybridized carbons (Fsp3) is 0.636. The second kappa shape index (κ2) is 4.15. The summed E-state index contributed by atoms with van der Waals surface area (Å²) in [7, 11) is 2.04. The average molecular weight is 195 g/mol. The van der Waals surface area contributed by atoms with E-state index in [1.54, 1.807) is 6.26 Å². The Labute approximate surface area is 84.3 Å². The molecular weight excluding hydrogens is 178 g/mol. The number of nitrogens with zero attached hydrogens (tertiary/aromatic N) is 1. The third-order valence-electron chi connectivity index (χ3n) is 3.00. The highest BCUT2D eigenvalue weighted by Crippen LogP contribution is 2.24. The van der Waals surface area contributed by atoms with Gasteiger partial charge in [-0.15, -0.1) is 0 Å². The van der Waals surface area contributed by atoms with E-state index >= 15 is 0 Å². The highest BCUT2D eigenvalue weighted by atomic mass is 16.3. The standard InChI is InChI=1S/C11H17NO2/c1-12(8-9-4-3-7-14-9)10-5-2-6-11(10)13/h3-4,7,10-11,13H,2,5-6,8H2,1H3/t10-,11-/m1/s1. The van der Waals surface area contributed by atoms with Crippen molar-refractivity contribution >= 4 is 0 Å². The van der Waals surface area contributed by atoms with Crippen LogP contribution in [0.3, 0.4) is 0 Å². The number of furan rings is 1. The minimum absolute atomic E-state index is 0.157. The predicted octanol–water partition coefficient (Wildman–Crippen LogP) is 1.62. The van der Waals surface area contributed by atoms with Gasteiger partial charge in [-0.3, -0.25) is 4.90 Å². The third kappa shape index (κ3) is 1.99. The summed E-state index contributed by atoms with van der Waals surface area (Å²) in [6, 6.07) is 4.17. The van der Waals surface area contributed by atoms with Crippen LogP contribution < -0.4 is 0 Å². The number of aliphatic hydroxyl groups is 1. The van der Waals surface area contributed by atoms with Crippen molar-refractivity contribution in [3.63, 3.8) is 0 Å². The molecule has 0 amide bonds. The van der Waals surface area contributed by atoms with Crippen LogP contribution in [0.4, 0.5) is 0 Å². The molecule has 2 atom stereocenters. The summed E-state index contributed by atoms with van der Waals surface area (Å²) >= 11 is 0. The van der Waals surface area contributed by atoms with E-state index in [4.69, 9.17) is 4.42 Å². The Morgan fingerprint density at radius 3 is 3.00 bits per heavy atom. The number of hydrogen-bond donors (Lipinski definition) is 1. The van der Waals surface area contributed by atoms with Gasteiger partial charge in [0.1, 0.15) is 5.76 Å². The Bertz CT molecular complexity index is 271. The summed E-state index contributed by atoms with van der Waals surface area (Å²) < 4.78 is 5.28. The lowest BCUT2D eigenvalue weighted by Gasteiger charge is -2.25. The average Bonchev–Trinajstić information content (AvgIpc) is 2.75. The highest BCUT2D eigenvalue weighted by Gasteiger charge is 2.28. The van der Waals surface area contributed by atoms with Crippen LogP contribution in [0.1, 0.15) is 25.0 Å². The summed E-state index contributed by atoms with van der Waals surface area (Å²) in [5.74, 6) is 0.964. The first-order valence-electron chi connectivity index (χ1n) is 5.18. The van der Waals surface area contributed by atoms with Crippen molar-refractivity contribution in [2.45, 2.75) is 38.0 Å². The van der Waals surface area contributed by atoms with Crippen molar-refractivity contribution in [3.05, 3.63) is 24.2 Å². The fourth-order valence-electron chi connectivity index (χ4n) is 2.20. The maximum atomic E-state index is 9.72. The van der Waals surface area contributed by atoms with Gasteiger partial charge in [0.15, 0.2) is 0 Å². The molecule has 2 rings (SSSR count). The van der Waals surface area contributed by atoms with Gasteiger partial charge in [0.05, 0.1) is 18.9 Å². The minimum Gasteiger partial charge on any atom is -0.468 e. The van der Waals surface area contributed by atoms with Gasteiger partial charge in [-0.1, -0.05) is 0 Å². The van der Waals surface area contributed by atoms with Gasteiger partial charge < -0.3 is 9.52 Å². The van der Waals surface area contributed by atoms with Gasteiger partial charge in [-0.05, 0) is 38.4 Å². The van der Waals surface area contributed by atoms with Crippen LogP contribution in [-0.4, -0.2) is 29.2 Å². The monoisotopic (exact) mass is 195 g/mol. The number of likely N-dealkylation sites (N-methyl/N-ethyl adjacent to an activating group) is 1. The Kier molecular flexibility index (Phi) is 2.89. The van der Waals surface area contributed by atoms with E-state index in [1.165, 1.54) is 0 Å². The van der Waals surface area contributed by atoms with Crippen molar-refractivity contribution in [1.82, 2.24) is 4.90 Å². The molecule has 1 aromatic heterocycles. The van der Waals surface area contributed by atoms with E-state index in [0.29, 0.717) is 6.04 Å². The molecule has 0 spiro atoms. The molecule has 3 nitrogen and oxygen atoms in total. The Morgan fingerprint density at radius 1 is 1.57 bits per heavy atom. The van der Waals surface area contributed by atoms with Gasteiger partial charge in [0.2, 0.25) is 0 Å². The van der Waals surface area contributed by atoms with E-state index in [-0.39, 0.29) is 6.10 Å². The summed E-state index contributed by atoms with van der Waals surface area (Å²) in [6.07, 6.45) is 4.70. The van der Waals surface area contributed by atoms with E-state index < -0.39 is 0 Å². The summed E-state index contributed by atoms with van der Waals surface area (Å²) in [4.78, 5) is 2.18. The molecule has 1 aliphatic carbocycles. The SMILES string of the molecule is CN(Cc1ccco1)[C@@H]1CCC[C@H]1O. The quantitative estimate of drug-likeness (QED) is 0.796. The Balaban J connectivity index is 1.92. The molecule has 1 saturated carbocycles. The summed E-state index contributed by atoms with van der Waals surface area (Å²) in [5, 5.41) is 9.72. The molecule has 1 N–H and O–H groups in total. The molecule has 0 radical (unpaired) electrons. The third-order valence-corrected chi connectivity index (χ3v) is 3.00. The number of rotatable bonds is 3. The minimum atomic E-state index is -0.157. The molecule has 14 heavy (non-hydrogen) atoms. The summed E-state index contributed by atoms with van der Waals surface area (Å²) in [5.41, 5.74) is 0. The van der Waals surface area contributed by atoms with Crippen LogP contribution in [-0.2, 0) is 6.54 Å². The van der Waals surface area contributed by atoms with Crippen LogP contribution >= 0.6 is 0 Å². The lowest BCUT2D eigenvalue weighted by Crippen LogP contribution is -2.36. The van der Waals surface area contributed by atoms with Crippen molar-refractivity contribution < 1.29 is 9.52 Å². The molecule has 0 aromatic carbocycles. The zero-order valence-corrected chi connectivity index (χ0v) is 8.52. The molecule has 3 heteroatoms. The van der Waals surface area contributed by atoms with Gasteiger partial charge in [-0.25, -0.2) is 0 Å². The number of aliphatic hydroxyl groups excluding tert-OH is 1. The zero-order chi connectivity index (χ0) is 9.97. The van der Waals surface area contributed by atoms with Gasteiger partial charge in [0.25, 0.3) is 0 Å². The van der Waals surface area contributed by atoms with Gasteiger partial charge >= 0.3 is 0 Å². The predicted molar refractivity (Wildman–Crippen MR) is 53.8 cm³/mol. The summed E-state index contributed by atoms with van der Waals surface area (Å²) in [6.45, 7) is 0.786. The first-order chi connectivity index (χ1) is 6.77. The van der Waals surface area contributed by atoms with E-state index in [2.05, 4.69) is 4.90 Å². The van der Waals surface area contributed by atoms with E-state index in [9.17, 15) is 5.11 Å². The molecule has 78 valence electrons. The highest BCUT2D eigenvalue weighted by molar-refractivity contribution is 4.98. The van der Waals surface area contributed by atoms with Crippen LogP contribution in [0.2, 0.25) is 0 Å². The van der Waals surface area contributed by atoms with Gasteiger partial charge in [0, 0.05) is 6.04 Å². The fourth-order valence-corrected chi connectivity index (χ4v) is 2.20. The van der Waals surface area contributed by atoms with Crippen molar-refractivity contribution in [2.24, 2.45) is 0 Å². The Hall–Kier alpha value is -0.800. The first-order valence-corrected chi connectivity index (χ1v) is 5.18. The molecule has 0 saturated heterocycles. The Morgan fingerprint density at radius 2 is 2.43 bits per heavy atom. The maximum Gasteiger partial charge on any atom is 0.117 e. The molecule has 0 aliphatic heterocycles. The molecule has 1 fully saturated rings. The van der Waals surface area contributed by atoms with Gasteiger partial charge in [-0.2, -0.15) is 0 Å². The van der Waals surface area contributed by atoms with Crippen LogP contribution in [0.15, 0.2) is 22.8 Å². The van der Waals surface area contributed by atoms with Crippen LogP contribution in [0.25, 0.3) is 0 Å². The van der Waals surface area contributed by atoms with Crippen LogP contribution in [0, 0.1) is 0 Å². The lowest BCUT2D eigenvalue weighted by atomic mass is 10.2. The smallest absolute Gasteiger partial charge is 0.117 e. The molecule has 1 aliphatic rings. The molecule has 0 bridgehead atoms. The first kappa shape index (κ1) is 9.74. The topological polar surface area (TPSA) is 36.6 Å². The molecular formula is C11H17NO2. The van der Waals surface area contributed by atoms with E-state index in [0.717, 1.165) is 31.6 Å². The molecule has 1 heterocycles.